The lowest BCUT2D eigenvalue weighted by Crippen LogP contribution is -2.11. The third-order valence-electron chi connectivity index (χ3n) is 2.68. The maximum absolute atomic E-state index is 12.7. The first-order chi connectivity index (χ1) is 11.1. The number of halogens is 6. The Labute approximate surface area is 129 Å². The fourth-order valence-electron chi connectivity index (χ4n) is 1.62. The number of nitriles is 1. The summed E-state index contributed by atoms with van der Waals surface area (Å²) in [4.78, 5) is 0. The molecule has 0 unspecified atom stereocenters. The normalized spacial score (nSPS) is 12.8. The summed E-state index contributed by atoms with van der Waals surface area (Å²) >= 11 is 0. The molecular formula is C12H6F6N6. The highest BCUT2D eigenvalue weighted by atomic mass is 19.4. The van der Waals surface area contributed by atoms with Gasteiger partial charge < -0.3 is 5.32 Å². The maximum atomic E-state index is 12.7. The molecule has 0 aliphatic rings. The molecule has 2 N–H and O–H groups in total. The molecule has 1 aromatic carbocycles. The standard InChI is InChI=1S/C12H6F6N6/c13-11(14,15)7-1-8(12(16,17)18)3-9(2-7)20-5-6(4-19)10-21-23-24-22-10/h1-3,5,20H,(H,21,22,23,24). The first-order valence-electron chi connectivity index (χ1n) is 6.01. The van der Waals surface area contributed by atoms with Crippen LogP contribution in [0.4, 0.5) is 32.0 Å². The Hall–Kier alpha value is -3.10. The zero-order valence-corrected chi connectivity index (χ0v) is 11.4. The van der Waals surface area contributed by atoms with Gasteiger partial charge in [0.1, 0.15) is 11.6 Å². The van der Waals surface area contributed by atoms with Gasteiger partial charge in [0.25, 0.3) is 0 Å². The Morgan fingerprint density at radius 2 is 1.67 bits per heavy atom. The maximum Gasteiger partial charge on any atom is 0.416 e. The Morgan fingerprint density at radius 3 is 2.08 bits per heavy atom. The highest BCUT2D eigenvalue weighted by molar-refractivity contribution is 5.74. The second kappa shape index (κ2) is 6.19. The van der Waals surface area contributed by atoms with E-state index in [4.69, 9.17) is 5.26 Å². The van der Waals surface area contributed by atoms with Crippen LogP contribution in [-0.4, -0.2) is 20.6 Å². The first-order valence-corrected chi connectivity index (χ1v) is 6.01. The number of nitrogens with one attached hydrogen (secondary N) is 2. The van der Waals surface area contributed by atoms with Crippen LogP contribution in [0.5, 0.6) is 0 Å². The third-order valence-corrected chi connectivity index (χ3v) is 2.68. The van der Waals surface area contributed by atoms with E-state index < -0.39 is 29.2 Å². The van der Waals surface area contributed by atoms with Crippen molar-refractivity contribution in [2.75, 3.05) is 5.32 Å². The molecule has 0 spiro atoms. The van der Waals surface area contributed by atoms with Gasteiger partial charge in [0, 0.05) is 11.9 Å². The van der Waals surface area contributed by atoms with E-state index in [2.05, 4.69) is 25.9 Å². The number of allylic oxidation sites excluding steroid dienone is 1. The summed E-state index contributed by atoms with van der Waals surface area (Å²) in [7, 11) is 0. The number of aromatic amines is 1. The molecule has 6 nitrogen and oxygen atoms in total. The summed E-state index contributed by atoms with van der Waals surface area (Å²) < 4.78 is 76.4. The van der Waals surface area contributed by atoms with Crippen molar-refractivity contribution in [3.63, 3.8) is 0 Å². The molecular weight excluding hydrogens is 342 g/mol. The van der Waals surface area contributed by atoms with Crippen LogP contribution >= 0.6 is 0 Å². The number of benzene rings is 1. The fourth-order valence-corrected chi connectivity index (χ4v) is 1.62. The number of H-pyrrole nitrogens is 1. The zero-order chi connectivity index (χ0) is 18.0. The van der Waals surface area contributed by atoms with Crippen molar-refractivity contribution in [2.24, 2.45) is 0 Å². The molecule has 24 heavy (non-hydrogen) atoms. The van der Waals surface area contributed by atoms with Crippen LogP contribution in [0.2, 0.25) is 0 Å². The Morgan fingerprint density at radius 1 is 1.08 bits per heavy atom. The minimum atomic E-state index is -4.97. The van der Waals surface area contributed by atoms with Gasteiger partial charge in [-0.15, -0.1) is 10.2 Å². The predicted molar refractivity (Wildman–Crippen MR) is 67.8 cm³/mol. The van der Waals surface area contributed by atoms with Crippen molar-refractivity contribution in [2.45, 2.75) is 12.4 Å². The minimum absolute atomic E-state index is 0.000709. The summed E-state index contributed by atoms with van der Waals surface area (Å²) in [6.45, 7) is 0. The predicted octanol–water partition coefficient (Wildman–Crippen LogP) is 3.21. The zero-order valence-electron chi connectivity index (χ0n) is 11.4. The van der Waals surface area contributed by atoms with Crippen LogP contribution in [-0.2, 0) is 12.4 Å². The van der Waals surface area contributed by atoms with Gasteiger partial charge in [0.15, 0.2) is 0 Å². The molecule has 2 aromatic rings. The van der Waals surface area contributed by atoms with Gasteiger partial charge in [0.2, 0.25) is 5.82 Å². The lowest BCUT2D eigenvalue weighted by atomic mass is 10.1. The van der Waals surface area contributed by atoms with Crippen LogP contribution < -0.4 is 5.32 Å². The Kier molecular flexibility index (Phi) is 4.45. The lowest BCUT2D eigenvalue weighted by Gasteiger charge is -2.14. The van der Waals surface area contributed by atoms with Crippen LogP contribution in [0, 0.1) is 11.3 Å². The second-order valence-electron chi connectivity index (χ2n) is 4.34. The Balaban J connectivity index is 2.41. The number of hydrogen-bond donors (Lipinski definition) is 2. The monoisotopic (exact) mass is 348 g/mol. The highest BCUT2D eigenvalue weighted by Crippen LogP contribution is 2.37. The summed E-state index contributed by atoms with van der Waals surface area (Å²) in [5, 5.41) is 23.3. The van der Waals surface area contributed by atoms with Crippen LogP contribution in [0.3, 0.4) is 0 Å². The number of anilines is 1. The average molecular weight is 348 g/mol. The molecule has 0 saturated carbocycles. The van der Waals surface area contributed by atoms with Gasteiger partial charge >= 0.3 is 12.4 Å². The number of tetrazole rings is 1. The van der Waals surface area contributed by atoms with E-state index in [-0.39, 0.29) is 17.5 Å². The van der Waals surface area contributed by atoms with E-state index in [9.17, 15) is 26.3 Å². The van der Waals surface area contributed by atoms with Gasteiger partial charge in [-0.25, -0.2) is 0 Å². The number of hydrogen-bond acceptors (Lipinski definition) is 5. The topological polar surface area (TPSA) is 90.3 Å². The smallest absolute Gasteiger partial charge is 0.360 e. The molecule has 12 heteroatoms. The fraction of sp³-hybridized carbons (Fsp3) is 0.167. The lowest BCUT2D eigenvalue weighted by molar-refractivity contribution is -0.143. The molecule has 0 atom stereocenters. The molecule has 1 heterocycles. The molecule has 0 saturated heterocycles. The SMILES string of the molecule is N#CC(=CNc1cc(C(F)(F)F)cc(C(F)(F)F)c1)c1nn[nH]n1. The molecule has 0 fully saturated rings. The van der Waals surface area contributed by atoms with Crippen LogP contribution in [0.25, 0.3) is 5.57 Å². The van der Waals surface area contributed by atoms with E-state index >= 15 is 0 Å². The van der Waals surface area contributed by atoms with Crippen molar-refractivity contribution in [3.05, 3.63) is 41.4 Å². The summed E-state index contributed by atoms with van der Waals surface area (Å²) in [6, 6.07) is 2.60. The van der Waals surface area contributed by atoms with E-state index in [1.54, 1.807) is 6.07 Å². The van der Waals surface area contributed by atoms with E-state index in [0.29, 0.717) is 12.1 Å². The average Bonchev–Trinajstić information content (AvgIpc) is 3.00. The molecule has 1 aromatic heterocycles. The van der Waals surface area contributed by atoms with Crippen molar-refractivity contribution >= 4 is 11.3 Å². The minimum Gasteiger partial charge on any atom is -0.360 e. The van der Waals surface area contributed by atoms with E-state index in [0.717, 1.165) is 6.20 Å². The quantitative estimate of drug-likeness (QED) is 0.657. The number of rotatable bonds is 3. The first kappa shape index (κ1) is 17.3. The summed E-state index contributed by atoms with van der Waals surface area (Å²) in [5.41, 5.74) is -3.71. The number of nitrogens with zero attached hydrogens (tertiary/aromatic N) is 4. The molecule has 0 aliphatic carbocycles. The van der Waals surface area contributed by atoms with Gasteiger partial charge in [0.05, 0.1) is 11.1 Å². The van der Waals surface area contributed by atoms with Crippen molar-refractivity contribution in [3.8, 4) is 6.07 Å². The van der Waals surface area contributed by atoms with E-state index in [1.807, 2.05) is 0 Å². The summed E-state index contributed by atoms with van der Waals surface area (Å²) in [5.74, 6) is -0.173. The van der Waals surface area contributed by atoms with Crippen molar-refractivity contribution < 1.29 is 26.3 Å². The summed E-state index contributed by atoms with van der Waals surface area (Å²) in [6.07, 6.45) is -9.05. The Bertz CT molecular complexity index is 752. The third kappa shape index (κ3) is 4.00. The number of aromatic nitrogens is 4. The molecule has 2 rings (SSSR count). The number of alkyl halides is 6. The largest absolute Gasteiger partial charge is 0.416 e. The molecule has 0 amide bonds. The highest BCUT2D eigenvalue weighted by Gasteiger charge is 2.36. The van der Waals surface area contributed by atoms with Crippen LogP contribution in [0.15, 0.2) is 24.4 Å². The van der Waals surface area contributed by atoms with Gasteiger partial charge in [-0.3, -0.25) is 0 Å². The van der Waals surface area contributed by atoms with Gasteiger partial charge in [-0.05, 0) is 23.4 Å². The molecule has 0 bridgehead atoms. The van der Waals surface area contributed by atoms with Crippen molar-refractivity contribution in [1.29, 1.82) is 5.26 Å². The molecule has 0 radical (unpaired) electrons. The van der Waals surface area contributed by atoms with Gasteiger partial charge in [-0.2, -0.15) is 36.8 Å². The second-order valence-corrected chi connectivity index (χ2v) is 4.34. The van der Waals surface area contributed by atoms with Gasteiger partial charge in [-0.1, -0.05) is 0 Å². The molecule has 0 aliphatic heterocycles. The van der Waals surface area contributed by atoms with E-state index in [1.165, 1.54) is 0 Å². The van der Waals surface area contributed by atoms with Crippen LogP contribution in [0.1, 0.15) is 17.0 Å². The van der Waals surface area contributed by atoms with Crippen molar-refractivity contribution in [1.82, 2.24) is 20.6 Å². The molecule has 126 valence electrons.